The molecule has 2 N–H and O–H groups in total. The topological polar surface area (TPSA) is 110 Å². The van der Waals surface area contributed by atoms with E-state index in [2.05, 4.69) is 41.7 Å². The zero-order valence-electron chi connectivity index (χ0n) is 18.5. The lowest BCUT2D eigenvalue weighted by molar-refractivity contribution is 0.0869. The maximum absolute atomic E-state index is 12.7. The summed E-state index contributed by atoms with van der Waals surface area (Å²) in [7, 11) is 0. The molecule has 0 bridgehead atoms. The van der Waals surface area contributed by atoms with Crippen molar-refractivity contribution >= 4 is 50.2 Å². The molecule has 0 aliphatic heterocycles. The number of rotatable bonds is 5. The molecule has 0 saturated heterocycles. The van der Waals surface area contributed by atoms with Crippen LogP contribution in [0.2, 0.25) is 5.02 Å². The van der Waals surface area contributed by atoms with Gasteiger partial charge < -0.3 is 15.1 Å². The predicted octanol–water partition coefficient (Wildman–Crippen LogP) is 5.17. The number of amides is 2. The first-order chi connectivity index (χ1) is 16.9. The van der Waals surface area contributed by atoms with Crippen molar-refractivity contribution in [2.75, 3.05) is 0 Å². The second kappa shape index (κ2) is 10.1. The summed E-state index contributed by atoms with van der Waals surface area (Å²) < 4.78 is 6.49. The molecule has 4 aromatic rings. The molecule has 8 nitrogen and oxygen atoms in total. The van der Waals surface area contributed by atoms with E-state index in [1.165, 1.54) is 0 Å². The van der Waals surface area contributed by atoms with Crippen molar-refractivity contribution in [1.82, 2.24) is 25.8 Å². The Balaban J connectivity index is 1.13. The average molecular weight is 555 g/mol. The lowest BCUT2D eigenvalue weighted by Crippen LogP contribution is -2.44. The van der Waals surface area contributed by atoms with Crippen LogP contribution in [0.3, 0.4) is 0 Å². The number of halogens is 2. The molecule has 0 atom stereocenters. The number of aromatic nitrogens is 3. The number of fused-ring (bicyclic) bond motifs is 1. The minimum Gasteiger partial charge on any atom is -0.412 e. The molecule has 1 aliphatic rings. The van der Waals surface area contributed by atoms with Gasteiger partial charge in [0.2, 0.25) is 5.89 Å². The molecule has 2 aromatic heterocycles. The molecular formula is C25H21BrClN5O3. The Morgan fingerprint density at radius 3 is 2.29 bits per heavy atom. The van der Waals surface area contributed by atoms with Crippen molar-refractivity contribution in [3.63, 3.8) is 0 Å². The van der Waals surface area contributed by atoms with Crippen LogP contribution in [-0.2, 0) is 0 Å². The lowest BCUT2D eigenvalue weighted by atomic mass is 9.91. The molecule has 1 fully saturated rings. The summed E-state index contributed by atoms with van der Waals surface area (Å²) in [5.74, 6) is -0.379. The van der Waals surface area contributed by atoms with Gasteiger partial charge in [-0.05, 0) is 74.2 Å². The summed E-state index contributed by atoms with van der Waals surface area (Å²) in [5, 5.41) is 15.4. The Hall–Kier alpha value is -3.30. The SMILES string of the molecule is O=C(NC1CCC(NC(=O)c2nnc(-c3ccc(Br)cc3)o2)CC1)c1ccc2cc(Cl)ccc2n1. The van der Waals surface area contributed by atoms with E-state index >= 15 is 0 Å². The summed E-state index contributed by atoms with van der Waals surface area (Å²) >= 11 is 9.39. The molecule has 1 aliphatic carbocycles. The number of carbonyl (C=O) groups is 2. The molecule has 0 radical (unpaired) electrons. The predicted molar refractivity (Wildman–Crippen MR) is 135 cm³/mol. The highest BCUT2D eigenvalue weighted by atomic mass is 79.9. The van der Waals surface area contributed by atoms with Crippen molar-refractivity contribution in [2.45, 2.75) is 37.8 Å². The summed E-state index contributed by atoms with van der Waals surface area (Å²) in [6.07, 6.45) is 2.95. The van der Waals surface area contributed by atoms with Crippen LogP contribution in [0, 0.1) is 0 Å². The van der Waals surface area contributed by atoms with Crippen LogP contribution in [0.5, 0.6) is 0 Å². The van der Waals surface area contributed by atoms with E-state index in [-0.39, 0.29) is 23.9 Å². The van der Waals surface area contributed by atoms with Gasteiger partial charge in [-0.3, -0.25) is 9.59 Å². The van der Waals surface area contributed by atoms with Crippen molar-refractivity contribution in [3.05, 3.63) is 75.7 Å². The first-order valence-electron chi connectivity index (χ1n) is 11.2. The van der Waals surface area contributed by atoms with Crippen molar-refractivity contribution in [3.8, 4) is 11.5 Å². The van der Waals surface area contributed by atoms with Crippen LogP contribution in [0.15, 0.2) is 63.5 Å². The van der Waals surface area contributed by atoms with E-state index in [4.69, 9.17) is 16.0 Å². The average Bonchev–Trinajstić information content (AvgIpc) is 3.36. The zero-order chi connectivity index (χ0) is 24.4. The smallest absolute Gasteiger partial charge is 0.309 e. The van der Waals surface area contributed by atoms with Crippen LogP contribution >= 0.6 is 27.5 Å². The number of nitrogens with zero attached hydrogens (tertiary/aromatic N) is 3. The van der Waals surface area contributed by atoms with E-state index in [1.807, 2.05) is 36.4 Å². The number of hydrogen-bond acceptors (Lipinski definition) is 6. The van der Waals surface area contributed by atoms with Crippen LogP contribution in [0.4, 0.5) is 0 Å². The van der Waals surface area contributed by atoms with Gasteiger partial charge in [-0.1, -0.05) is 33.6 Å². The number of carbonyl (C=O) groups excluding carboxylic acids is 2. The Labute approximate surface area is 214 Å². The van der Waals surface area contributed by atoms with Gasteiger partial charge in [-0.25, -0.2) is 4.98 Å². The van der Waals surface area contributed by atoms with Gasteiger partial charge in [0.05, 0.1) is 5.52 Å². The number of pyridine rings is 1. The largest absolute Gasteiger partial charge is 0.412 e. The fraction of sp³-hybridized carbons (Fsp3) is 0.240. The number of benzene rings is 2. The number of nitrogens with one attached hydrogen (secondary N) is 2. The van der Waals surface area contributed by atoms with E-state index < -0.39 is 5.91 Å². The van der Waals surface area contributed by atoms with Crippen LogP contribution in [0.1, 0.15) is 46.9 Å². The molecule has 10 heteroatoms. The van der Waals surface area contributed by atoms with Gasteiger partial charge in [0, 0.05) is 32.5 Å². The highest BCUT2D eigenvalue weighted by Crippen LogP contribution is 2.23. The molecule has 178 valence electrons. The van der Waals surface area contributed by atoms with Gasteiger partial charge in [0.15, 0.2) is 0 Å². The fourth-order valence-electron chi connectivity index (χ4n) is 4.14. The van der Waals surface area contributed by atoms with Crippen LogP contribution in [-0.4, -0.2) is 39.1 Å². The van der Waals surface area contributed by atoms with Crippen LogP contribution in [0.25, 0.3) is 22.4 Å². The van der Waals surface area contributed by atoms with E-state index in [9.17, 15) is 9.59 Å². The van der Waals surface area contributed by atoms with E-state index in [0.717, 1.165) is 46.6 Å². The molecule has 2 amide bonds. The fourth-order valence-corrected chi connectivity index (χ4v) is 4.58. The van der Waals surface area contributed by atoms with Crippen LogP contribution < -0.4 is 10.6 Å². The molecule has 2 aromatic carbocycles. The maximum atomic E-state index is 12.7. The highest BCUT2D eigenvalue weighted by Gasteiger charge is 2.26. The first-order valence-corrected chi connectivity index (χ1v) is 12.4. The zero-order valence-corrected chi connectivity index (χ0v) is 20.8. The van der Waals surface area contributed by atoms with Gasteiger partial charge in [-0.15, -0.1) is 10.2 Å². The minimum atomic E-state index is -0.395. The summed E-state index contributed by atoms with van der Waals surface area (Å²) in [4.78, 5) is 29.7. The second-order valence-corrected chi connectivity index (χ2v) is 9.80. The summed E-state index contributed by atoms with van der Waals surface area (Å²) in [6, 6.07) is 16.3. The van der Waals surface area contributed by atoms with E-state index in [1.54, 1.807) is 18.2 Å². The molecule has 35 heavy (non-hydrogen) atoms. The van der Waals surface area contributed by atoms with Crippen molar-refractivity contribution in [1.29, 1.82) is 0 Å². The normalized spacial score (nSPS) is 17.8. The molecular weight excluding hydrogens is 534 g/mol. The molecule has 0 unspecified atom stereocenters. The maximum Gasteiger partial charge on any atom is 0.309 e. The molecule has 0 spiro atoms. The monoisotopic (exact) mass is 553 g/mol. The standard InChI is InChI=1S/C25H21BrClN5O3/c26-16-4-1-14(2-5-16)24-31-32-25(35-24)23(34)29-19-9-7-18(8-10-19)28-22(33)21-11-3-15-13-17(27)6-12-20(15)30-21/h1-6,11-13,18-19H,7-10H2,(H,28,33)(H,29,34). The molecule has 2 heterocycles. The quantitative estimate of drug-likeness (QED) is 0.352. The van der Waals surface area contributed by atoms with E-state index in [0.29, 0.717) is 16.6 Å². The van der Waals surface area contributed by atoms with Gasteiger partial charge in [0.1, 0.15) is 5.69 Å². The Morgan fingerprint density at radius 1 is 0.886 bits per heavy atom. The second-order valence-electron chi connectivity index (χ2n) is 8.45. The highest BCUT2D eigenvalue weighted by molar-refractivity contribution is 9.10. The lowest BCUT2D eigenvalue weighted by Gasteiger charge is -2.29. The third kappa shape index (κ3) is 5.52. The third-order valence-corrected chi connectivity index (χ3v) is 6.76. The van der Waals surface area contributed by atoms with Gasteiger partial charge in [-0.2, -0.15) is 0 Å². The van der Waals surface area contributed by atoms with Crippen molar-refractivity contribution in [2.24, 2.45) is 0 Å². The number of hydrogen-bond donors (Lipinski definition) is 2. The van der Waals surface area contributed by atoms with Crippen molar-refractivity contribution < 1.29 is 14.0 Å². The molecule has 1 saturated carbocycles. The molecule has 5 rings (SSSR count). The van der Waals surface area contributed by atoms with Gasteiger partial charge in [0.25, 0.3) is 5.91 Å². The summed E-state index contributed by atoms with van der Waals surface area (Å²) in [5.41, 5.74) is 1.83. The Morgan fingerprint density at radius 2 is 1.57 bits per heavy atom. The Kier molecular flexibility index (Phi) is 6.79. The third-order valence-electron chi connectivity index (χ3n) is 5.99. The van der Waals surface area contributed by atoms with Gasteiger partial charge >= 0.3 is 11.8 Å². The summed E-state index contributed by atoms with van der Waals surface area (Å²) in [6.45, 7) is 0. The first kappa shape index (κ1) is 23.4. The Bertz CT molecular complexity index is 1380. The minimum absolute atomic E-state index is 0.0192.